The lowest BCUT2D eigenvalue weighted by Crippen LogP contribution is -2.11. The Morgan fingerprint density at radius 3 is 2.52 bits per heavy atom. The summed E-state index contributed by atoms with van der Waals surface area (Å²) in [6, 6.07) is 2.27. The van der Waals surface area contributed by atoms with Crippen LogP contribution < -0.4 is 5.73 Å². The number of nitrogens with two attached hydrogens (primary N) is 1. The summed E-state index contributed by atoms with van der Waals surface area (Å²) >= 11 is 1.22. The van der Waals surface area contributed by atoms with E-state index in [9.17, 15) is 17.4 Å². The Hall–Kier alpha value is -2.12. The molecule has 0 spiro atoms. The van der Waals surface area contributed by atoms with Crippen LogP contribution in [-0.4, -0.2) is 27.0 Å². The van der Waals surface area contributed by atoms with Crippen LogP contribution in [0.2, 0.25) is 0 Å². The summed E-state index contributed by atoms with van der Waals surface area (Å²) in [7, 11) is -4.29. The van der Waals surface area contributed by atoms with Crippen molar-refractivity contribution in [3.05, 3.63) is 23.2 Å². The van der Waals surface area contributed by atoms with Crippen molar-refractivity contribution in [3.63, 3.8) is 0 Å². The Morgan fingerprint density at radius 1 is 1.26 bits per heavy atom. The van der Waals surface area contributed by atoms with E-state index in [0.29, 0.717) is 0 Å². The first kappa shape index (κ1) is 21.2. The second-order valence-electron chi connectivity index (χ2n) is 6.23. The molecule has 0 fully saturated rings. The number of halogens is 3. The maximum absolute atomic E-state index is 13.0. The number of hydrogen-bond acceptors (Lipinski definition) is 9. The van der Waals surface area contributed by atoms with E-state index in [4.69, 9.17) is 5.73 Å². The van der Waals surface area contributed by atoms with E-state index < -0.39 is 22.6 Å². The molecule has 148 valence electrons. The van der Waals surface area contributed by atoms with Gasteiger partial charge in [0.1, 0.15) is 16.4 Å². The van der Waals surface area contributed by atoms with Crippen molar-refractivity contribution < 1.29 is 21.6 Å². The van der Waals surface area contributed by atoms with E-state index >= 15 is 0 Å². The maximum Gasteiger partial charge on any atom is 0.357 e. The number of azo groups is 1. The van der Waals surface area contributed by atoms with Gasteiger partial charge in [0.05, 0.1) is 0 Å². The van der Waals surface area contributed by atoms with Gasteiger partial charge >= 0.3 is 6.61 Å². The highest BCUT2D eigenvalue weighted by atomic mass is 32.2. The zero-order valence-electron chi connectivity index (χ0n) is 14.6. The van der Waals surface area contributed by atoms with Crippen molar-refractivity contribution >= 4 is 43.5 Å². The van der Waals surface area contributed by atoms with Crippen molar-refractivity contribution in [2.24, 2.45) is 14.6 Å². The van der Waals surface area contributed by atoms with Gasteiger partial charge in [-0.1, -0.05) is 32.1 Å². The van der Waals surface area contributed by atoms with E-state index in [-0.39, 0.29) is 27.6 Å². The molecule has 0 saturated heterocycles. The molecule has 0 bridgehead atoms. The van der Waals surface area contributed by atoms with Gasteiger partial charge in [0.25, 0.3) is 5.13 Å². The lowest BCUT2D eigenvalue weighted by Gasteiger charge is -2.11. The third-order valence-electron chi connectivity index (χ3n) is 2.90. The summed E-state index contributed by atoms with van der Waals surface area (Å²) in [4.78, 5) is 0. The molecule has 0 aliphatic rings. The predicted octanol–water partition coefficient (Wildman–Crippen LogP) is 5.01. The third-order valence-corrected chi connectivity index (χ3v) is 5.33. The Labute approximate surface area is 158 Å². The zero-order valence-corrected chi connectivity index (χ0v) is 16.2. The maximum atomic E-state index is 13.0. The van der Waals surface area contributed by atoms with Crippen LogP contribution >= 0.6 is 11.3 Å². The molecule has 1 aromatic heterocycles. The van der Waals surface area contributed by atoms with E-state index in [1.807, 2.05) is 20.8 Å². The quantitative estimate of drug-likeness (QED) is 0.519. The lowest BCUT2D eigenvalue weighted by molar-refractivity contribution is -0.0421. The van der Waals surface area contributed by atoms with Gasteiger partial charge < -0.3 is 5.73 Å². The molecule has 0 aliphatic heterocycles. The van der Waals surface area contributed by atoms with E-state index in [2.05, 4.69) is 29.0 Å². The van der Waals surface area contributed by atoms with Crippen molar-refractivity contribution in [2.45, 2.75) is 32.8 Å². The number of anilines is 1. The molecule has 0 amide bonds. The molecular formula is C14H17F3N6O2S2. The van der Waals surface area contributed by atoms with Gasteiger partial charge in [-0.2, -0.15) is 13.1 Å². The highest BCUT2D eigenvalue weighted by Gasteiger charge is 2.20. The van der Waals surface area contributed by atoms with Crippen LogP contribution in [0.1, 0.15) is 25.8 Å². The molecule has 8 nitrogen and oxygen atoms in total. The number of nitrogens with zero attached hydrogens (tertiary/aromatic N) is 5. The Balaban J connectivity index is 2.41. The summed E-state index contributed by atoms with van der Waals surface area (Å²) in [5, 5.41) is 16.7. The lowest BCUT2D eigenvalue weighted by atomic mass is 9.98. The van der Waals surface area contributed by atoms with Gasteiger partial charge in [0.15, 0.2) is 6.01 Å². The molecule has 1 atom stereocenters. The number of rotatable bonds is 6. The molecule has 13 heteroatoms. The second-order valence-corrected chi connectivity index (χ2v) is 8.94. The number of aromatic nitrogens is 2. The minimum atomic E-state index is -4.29. The summed E-state index contributed by atoms with van der Waals surface area (Å²) < 4.78 is 56.9. The molecule has 2 aromatic rings. The van der Waals surface area contributed by atoms with E-state index in [1.54, 1.807) is 0 Å². The van der Waals surface area contributed by atoms with Gasteiger partial charge in [0, 0.05) is 11.1 Å². The van der Waals surface area contributed by atoms with Crippen LogP contribution in [0, 0.1) is 0 Å². The number of benzene rings is 1. The van der Waals surface area contributed by atoms with Gasteiger partial charge in [-0.05, 0) is 18.2 Å². The van der Waals surface area contributed by atoms with Crippen LogP contribution in [-0.2, 0) is 19.6 Å². The fourth-order valence-corrected chi connectivity index (χ4v) is 3.23. The molecular weight excluding hydrogens is 405 g/mol. The average Bonchev–Trinajstić information content (AvgIpc) is 3.02. The largest absolute Gasteiger partial charge is 0.399 e. The van der Waals surface area contributed by atoms with Crippen LogP contribution in [0.25, 0.3) is 0 Å². The normalized spacial score (nSPS) is 14.6. The first-order valence-electron chi connectivity index (χ1n) is 7.45. The first-order valence-corrected chi connectivity index (χ1v) is 9.87. The smallest absolute Gasteiger partial charge is 0.357 e. The van der Waals surface area contributed by atoms with Gasteiger partial charge in [-0.15, -0.1) is 20.4 Å². The molecule has 0 radical (unpaired) electrons. The summed E-state index contributed by atoms with van der Waals surface area (Å²) in [6.07, 6.45) is 0. The van der Waals surface area contributed by atoms with Crippen LogP contribution in [0.5, 0.6) is 0 Å². The van der Waals surface area contributed by atoms with Gasteiger partial charge in [-0.25, -0.2) is 12.8 Å². The van der Waals surface area contributed by atoms with Crippen molar-refractivity contribution in [1.82, 2.24) is 10.2 Å². The minimum Gasteiger partial charge on any atom is -0.399 e. The number of hydrogen-bond donors (Lipinski definition) is 1. The highest BCUT2D eigenvalue weighted by molar-refractivity contribution is 7.89. The van der Waals surface area contributed by atoms with Crippen LogP contribution in [0.15, 0.2) is 32.8 Å². The summed E-state index contributed by atoms with van der Waals surface area (Å²) in [6.45, 7) is 2.42. The van der Waals surface area contributed by atoms with Gasteiger partial charge in [-0.3, -0.25) is 0 Å². The van der Waals surface area contributed by atoms with Crippen LogP contribution in [0.3, 0.4) is 0 Å². The molecule has 1 aromatic carbocycles. The molecule has 0 aliphatic carbocycles. The highest BCUT2D eigenvalue weighted by Crippen LogP contribution is 2.35. The minimum absolute atomic E-state index is 0.0238. The van der Waals surface area contributed by atoms with Crippen molar-refractivity contribution in [2.75, 3.05) is 11.7 Å². The average molecular weight is 422 g/mol. The molecule has 2 N–H and O–H groups in total. The van der Waals surface area contributed by atoms with Crippen LogP contribution in [0.4, 0.5) is 35.4 Å². The fraction of sp³-hybridized carbons (Fsp3) is 0.429. The molecule has 2 rings (SSSR count). The fourth-order valence-electron chi connectivity index (χ4n) is 1.69. The molecule has 1 heterocycles. The third kappa shape index (κ3) is 5.94. The predicted molar refractivity (Wildman–Crippen MR) is 96.9 cm³/mol. The zero-order chi connectivity index (χ0) is 20.2. The Bertz CT molecular complexity index is 949. The Kier molecular flexibility index (Phi) is 6.49. The SMILES string of the molecule is CC(C)(C)c1nnc(N=Nc2ccc(N)cc2N=S(=O)(CF)OC(F)F)s1. The monoisotopic (exact) mass is 422 g/mol. The second kappa shape index (κ2) is 8.27. The van der Waals surface area contributed by atoms with Crippen molar-refractivity contribution in [3.8, 4) is 0 Å². The number of nitrogen functional groups attached to an aromatic ring is 1. The van der Waals surface area contributed by atoms with Crippen molar-refractivity contribution in [1.29, 1.82) is 0 Å². The molecule has 1 unspecified atom stereocenters. The topological polar surface area (TPSA) is 115 Å². The number of alkyl halides is 3. The standard InChI is InChI=1S/C14H17F3N6O2S2/c1-14(2,3)11-20-22-13(26-11)21-19-9-5-4-8(18)6-10(9)23-27(24,7-15)25-12(16)17/h4-6,12H,7,18H2,1-3H3. The summed E-state index contributed by atoms with van der Waals surface area (Å²) in [5.74, 6) is 0. The Morgan fingerprint density at radius 2 is 1.96 bits per heavy atom. The van der Waals surface area contributed by atoms with E-state index in [1.165, 1.54) is 29.5 Å². The summed E-state index contributed by atoms with van der Waals surface area (Å²) in [5.41, 5.74) is 5.40. The van der Waals surface area contributed by atoms with E-state index in [0.717, 1.165) is 5.01 Å². The first-order chi connectivity index (χ1) is 12.5. The molecule has 27 heavy (non-hydrogen) atoms. The van der Waals surface area contributed by atoms with Gasteiger partial charge in [0.2, 0.25) is 10.0 Å². The molecule has 0 saturated carbocycles.